The maximum Gasteiger partial charge on any atom is 0.325 e. The summed E-state index contributed by atoms with van der Waals surface area (Å²) >= 11 is 0. The molecule has 40 heavy (non-hydrogen) atoms. The van der Waals surface area contributed by atoms with Gasteiger partial charge in [0.05, 0.1) is 12.4 Å². The standard InChI is InChI=1S/C32H32F2NO4P/c1-22-6-7-24(15-23(22)2)16-27(28-18-29(33)20-30(34)19-28)11-10-26-9-8-25(17-31(26)32-5-3-13-39-32)21-35-12-4-14-40(36,37)38/h3,5-10,13,15,17-20,35H,4,12,14,16,21H2,1-2H3,(H2,36,37,38). The fourth-order valence-corrected chi connectivity index (χ4v) is 4.94. The van der Waals surface area contributed by atoms with Gasteiger partial charge in [-0.2, -0.15) is 0 Å². The van der Waals surface area contributed by atoms with Crippen molar-refractivity contribution < 1.29 is 27.5 Å². The van der Waals surface area contributed by atoms with Crippen LogP contribution in [0, 0.1) is 25.5 Å². The van der Waals surface area contributed by atoms with Crippen molar-refractivity contribution in [1.29, 1.82) is 0 Å². The van der Waals surface area contributed by atoms with Gasteiger partial charge in [-0.05, 0) is 96.6 Å². The molecule has 0 saturated heterocycles. The number of benzene rings is 3. The molecular weight excluding hydrogens is 531 g/mol. The molecule has 3 aromatic carbocycles. The van der Waals surface area contributed by atoms with Crippen molar-refractivity contribution in [2.24, 2.45) is 0 Å². The van der Waals surface area contributed by atoms with E-state index in [1.54, 1.807) is 18.4 Å². The average molecular weight is 564 g/mol. The third-order valence-electron chi connectivity index (χ3n) is 6.60. The van der Waals surface area contributed by atoms with Gasteiger partial charge >= 0.3 is 7.60 Å². The molecule has 5 nitrogen and oxygen atoms in total. The summed E-state index contributed by atoms with van der Waals surface area (Å²) in [5.74, 6) is -0.643. The molecule has 1 heterocycles. The highest BCUT2D eigenvalue weighted by Gasteiger charge is 2.12. The van der Waals surface area contributed by atoms with Gasteiger partial charge in [-0.3, -0.25) is 4.57 Å². The maximum absolute atomic E-state index is 14.2. The van der Waals surface area contributed by atoms with Gasteiger partial charge < -0.3 is 19.5 Å². The number of aryl methyl sites for hydroxylation is 2. The number of furan rings is 1. The summed E-state index contributed by atoms with van der Waals surface area (Å²) < 4.78 is 45.1. The van der Waals surface area contributed by atoms with Crippen LogP contribution in [-0.2, 0) is 17.5 Å². The normalized spacial score (nSPS) is 11.3. The zero-order chi connectivity index (χ0) is 28.7. The van der Waals surface area contributed by atoms with Crippen LogP contribution in [0.15, 0.2) is 83.1 Å². The number of halogens is 2. The topological polar surface area (TPSA) is 82.7 Å². The molecule has 0 aliphatic heterocycles. The monoisotopic (exact) mass is 563 g/mol. The molecule has 0 atom stereocenters. The SMILES string of the molecule is Cc1ccc(CC(=C=Cc2ccc(CNCCCP(=O)(O)O)cc2-c2ccco2)c2cc(F)cc(F)c2)cc1C. The fraction of sp³-hybridized carbons (Fsp3) is 0.219. The first kappa shape index (κ1) is 29.4. The van der Waals surface area contributed by atoms with Crippen molar-refractivity contribution in [2.45, 2.75) is 33.2 Å². The molecule has 0 fully saturated rings. The smallest absolute Gasteiger partial charge is 0.325 e. The van der Waals surface area contributed by atoms with E-state index in [0.29, 0.717) is 42.8 Å². The zero-order valence-corrected chi connectivity index (χ0v) is 23.3. The molecule has 4 aromatic rings. The van der Waals surface area contributed by atoms with Gasteiger partial charge in [0.2, 0.25) is 0 Å². The Morgan fingerprint density at radius 3 is 2.40 bits per heavy atom. The Kier molecular flexibility index (Phi) is 9.70. The highest BCUT2D eigenvalue weighted by atomic mass is 31.2. The van der Waals surface area contributed by atoms with Crippen molar-refractivity contribution >= 4 is 19.2 Å². The number of hydrogen-bond acceptors (Lipinski definition) is 3. The number of rotatable bonds is 11. The predicted octanol–water partition coefficient (Wildman–Crippen LogP) is 7.44. The van der Waals surface area contributed by atoms with E-state index in [2.05, 4.69) is 17.1 Å². The van der Waals surface area contributed by atoms with E-state index in [-0.39, 0.29) is 6.16 Å². The lowest BCUT2D eigenvalue weighted by molar-refractivity contribution is 0.371. The highest BCUT2D eigenvalue weighted by molar-refractivity contribution is 7.51. The highest BCUT2D eigenvalue weighted by Crippen LogP contribution is 2.34. The molecular formula is C32H32F2NO4P. The first-order valence-corrected chi connectivity index (χ1v) is 14.8. The molecule has 208 valence electrons. The molecule has 0 unspecified atom stereocenters. The number of allylic oxidation sites excluding steroid dienone is 1. The van der Waals surface area contributed by atoms with Gasteiger partial charge in [0.25, 0.3) is 0 Å². The maximum atomic E-state index is 14.2. The molecule has 0 aliphatic rings. The molecule has 1 aromatic heterocycles. The lowest BCUT2D eigenvalue weighted by Crippen LogP contribution is -2.15. The van der Waals surface area contributed by atoms with Gasteiger partial charge in [-0.25, -0.2) is 8.78 Å². The Hall–Kier alpha value is -3.57. The largest absolute Gasteiger partial charge is 0.464 e. The van der Waals surface area contributed by atoms with Crippen molar-refractivity contribution in [3.8, 4) is 11.3 Å². The van der Waals surface area contributed by atoms with Crippen molar-refractivity contribution in [2.75, 3.05) is 12.7 Å². The molecule has 0 bridgehead atoms. The molecule has 4 rings (SSSR count). The summed E-state index contributed by atoms with van der Waals surface area (Å²) in [6.07, 6.45) is 4.03. The van der Waals surface area contributed by atoms with Crippen LogP contribution in [0.5, 0.6) is 0 Å². The summed E-state index contributed by atoms with van der Waals surface area (Å²) in [4.78, 5) is 18.1. The van der Waals surface area contributed by atoms with Crippen molar-refractivity contribution in [3.05, 3.63) is 124 Å². The minimum Gasteiger partial charge on any atom is -0.464 e. The average Bonchev–Trinajstić information content (AvgIpc) is 3.42. The molecule has 0 saturated carbocycles. The lowest BCUT2D eigenvalue weighted by atomic mass is 9.95. The summed E-state index contributed by atoms with van der Waals surface area (Å²) in [6.45, 7) is 5.05. The van der Waals surface area contributed by atoms with E-state index < -0.39 is 19.2 Å². The van der Waals surface area contributed by atoms with Gasteiger partial charge in [0.15, 0.2) is 0 Å². The molecule has 3 N–H and O–H groups in total. The third-order valence-corrected chi connectivity index (χ3v) is 7.50. The van der Waals surface area contributed by atoms with E-state index in [0.717, 1.165) is 33.9 Å². The summed E-state index contributed by atoms with van der Waals surface area (Å²) in [5, 5.41) is 3.21. The van der Waals surface area contributed by atoms with Crippen LogP contribution in [0.4, 0.5) is 8.78 Å². The van der Waals surface area contributed by atoms with Crippen LogP contribution in [0.3, 0.4) is 0 Å². The van der Waals surface area contributed by atoms with Crippen LogP contribution in [-0.4, -0.2) is 22.5 Å². The number of nitrogens with one attached hydrogen (secondary N) is 1. The van der Waals surface area contributed by atoms with E-state index in [1.165, 1.54) is 17.7 Å². The van der Waals surface area contributed by atoms with Crippen LogP contribution >= 0.6 is 7.60 Å². The van der Waals surface area contributed by atoms with Crippen molar-refractivity contribution in [3.63, 3.8) is 0 Å². The summed E-state index contributed by atoms with van der Waals surface area (Å²) in [5.41, 5.74) is 10.3. The fourth-order valence-electron chi connectivity index (χ4n) is 4.37. The second kappa shape index (κ2) is 13.2. The van der Waals surface area contributed by atoms with Gasteiger partial charge in [-0.15, -0.1) is 5.73 Å². The van der Waals surface area contributed by atoms with Gasteiger partial charge in [0, 0.05) is 30.2 Å². The van der Waals surface area contributed by atoms with Gasteiger partial charge in [-0.1, -0.05) is 30.3 Å². The predicted molar refractivity (Wildman–Crippen MR) is 155 cm³/mol. The molecule has 0 aliphatic carbocycles. The number of hydrogen-bond donors (Lipinski definition) is 3. The quantitative estimate of drug-likeness (QED) is 0.100. The molecule has 8 heteroatoms. The second-order valence-electron chi connectivity index (χ2n) is 9.84. The second-order valence-corrected chi connectivity index (χ2v) is 11.6. The summed E-state index contributed by atoms with van der Waals surface area (Å²) in [7, 11) is -4.00. The van der Waals surface area contributed by atoms with Crippen LogP contribution in [0.2, 0.25) is 0 Å². The first-order chi connectivity index (χ1) is 19.1. The summed E-state index contributed by atoms with van der Waals surface area (Å²) in [6, 6.07) is 19.1. The third kappa shape index (κ3) is 8.46. The van der Waals surface area contributed by atoms with Crippen LogP contribution in [0.1, 0.15) is 39.8 Å². The van der Waals surface area contributed by atoms with Crippen molar-refractivity contribution in [1.82, 2.24) is 5.32 Å². The zero-order valence-electron chi connectivity index (χ0n) is 22.5. The Morgan fingerprint density at radius 2 is 1.73 bits per heavy atom. The van der Waals surface area contributed by atoms with E-state index in [1.807, 2.05) is 50.2 Å². The lowest BCUT2D eigenvalue weighted by Gasteiger charge is -2.10. The Morgan fingerprint density at radius 1 is 0.975 bits per heavy atom. The van der Waals surface area contributed by atoms with Crippen LogP contribution < -0.4 is 5.32 Å². The minimum absolute atomic E-state index is 0.159. The van der Waals surface area contributed by atoms with Crippen LogP contribution in [0.25, 0.3) is 23.0 Å². The van der Waals surface area contributed by atoms with E-state index in [9.17, 15) is 13.3 Å². The Bertz CT molecular complexity index is 1560. The Labute approximate surface area is 233 Å². The van der Waals surface area contributed by atoms with E-state index in [4.69, 9.17) is 14.2 Å². The molecule has 0 radical (unpaired) electrons. The molecule has 0 amide bonds. The minimum atomic E-state index is -4.00. The molecule has 0 spiro atoms. The first-order valence-electron chi connectivity index (χ1n) is 13.0. The Balaban J connectivity index is 1.68. The van der Waals surface area contributed by atoms with E-state index >= 15 is 0 Å². The van der Waals surface area contributed by atoms with Gasteiger partial charge in [0.1, 0.15) is 17.4 Å².